The molecule has 3 rings (SSSR count). The Bertz CT molecular complexity index is 636. The van der Waals surface area contributed by atoms with Crippen molar-refractivity contribution in [2.45, 2.75) is 13.5 Å². The zero-order chi connectivity index (χ0) is 16.1. The summed E-state index contributed by atoms with van der Waals surface area (Å²) in [7, 11) is 0. The van der Waals surface area contributed by atoms with Gasteiger partial charge in [-0.05, 0) is 30.7 Å². The van der Waals surface area contributed by atoms with Crippen LogP contribution in [-0.2, 0) is 11.3 Å². The van der Waals surface area contributed by atoms with Gasteiger partial charge in [-0.2, -0.15) is 0 Å². The first-order valence-electron chi connectivity index (χ1n) is 8.09. The molecule has 0 bridgehead atoms. The molecule has 0 saturated carbocycles. The molecule has 1 aliphatic rings. The van der Waals surface area contributed by atoms with Crippen molar-refractivity contribution in [3.8, 4) is 11.3 Å². The van der Waals surface area contributed by atoms with Crippen molar-refractivity contribution >= 4 is 11.6 Å². The van der Waals surface area contributed by atoms with Gasteiger partial charge in [0.1, 0.15) is 11.5 Å². The molecule has 0 unspecified atom stereocenters. The van der Waals surface area contributed by atoms with Crippen LogP contribution in [0.5, 0.6) is 0 Å². The second-order valence-corrected chi connectivity index (χ2v) is 6.22. The van der Waals surface area contributed by atoms with Crippen molar-refractivity contribution < 1.29 is 9.15 Å². The fourth-order valence-corrected chi connectivity index (χ4v) is 2.94. The Balaban J connectivity index is 1.50. The number of benzene rings is 1. The molecule has 5 heteroatoms. The van der Waals surface area contributed by atoms with E-state index in [0.717, 1.165) is 73.6 Å². The second kappa shape index (κ2) is 7.97. The summed E-state index contributed by atoms with van der Waals surface area (Å²) in [6, 6.07) is 9.93. The molecular weight excluding hydrogens is 312 g/mol. The van der Waals surface area contributed by atoms with E-state index in [0.29, 0.717) is 0 Å². The number of hydrogen-bond acceptors (Lipinski definition) is 4. The third kappa shape index (κ3) is 4.36. The largest absolute Gasteiger partial charge is 0.460 e. The Morgan fingerprint density at radius 3 is 2.83 bits per heavy atom. The fourth-order valence-electron chi connectivity index (χ4n) is 2.77. The normalized spacial score (nSPS) is 15.9. The summed E-state index contributed by atoms with van der Waals surface area (Å²) in [5.74, 6) is 1.82. The number of rotatable bonds is 6. The summed E-state index contributed by atoms with van der Waals surface area (Å²) in [6.07, 6.45) is 0. The summed E-state index contributed by atoms with van der Waals surface area (Å²) >= 11 is 6.18. The van der Waals surface area contributed by atoms with Crippen LogP contribution in [0.2, 0.25) is 5.02 Å². The quantitative estimate of drug-likeness (QED) is 0.822. The summed E-state index contributed by atoms with van der Waals surface area (Å²) in [4.78, 5) is 2.42. The predicted octanol–water partition coefficient (Wildman–Crippen LogP) is 3.33. The minimum atomic E-state index is 0.740. The van der Waals surface area contributed by atoms with E-state index in [1.807, 2.05) is 37.3 Å². The molecule has 0 spiro atoms. The lowest BCUT2D eigenvalue weighted by molar-refractivity contribution is 0.0383. The lowest BCUT2D eigenvalue weighted by Gasteiger charge is -2.26. The van der Waals surface area contributed by atoms with Crippen molar-refractivity contribution in [1.29, 1.82) is 0 Å². The third-order valence-electron chi connectivity index (χ3n) is 4.20. The summed E-state index contributed by atoms with van der Waals surface area (Å²) in [5.41, 5.74) is 2.10. The third-order valence-corrected chi connectivity index (χ3v) is 4.61. The van der Waals surface area contributed by atoms with Crippen LogP contribution < -0.4 is 5.32 Å². The van der Waals surface area contributed by atoms with E-state index in [9.17, 15) is 0 Å². The van der Waals surface area contributed by atoms with E-state index >= 15 is 0 Å². The van der Waals surface area contributed by atoms with Crippen LogP contribution in [0, 0.1) is 6.92 Å². The molecule has 2 aromatic rings. The van der Waals surface area contributed by atoms with Crippen molar-refractivity contribution in [3.05, 3.63) is 46.7 Å². The van der Waals surface area contributed by atoms with Crippen LogP contribution in [0.15, 0.2) is 34.7 Å². The molecule has 1 aromatic carbocycles. The maximum absolute atomic E-state index is 6.18. The van der Waals surface area contributed by atoms with E-state index in [2.05, 4.69) is 10.2 Å². The maximum Gasteiger partial charge on any atom is 0.134 e. The molecule has 23 heavy (non-hydrogen) atoms. The van der Waals surface area contributed by atoms with Gasteiger partial charge in [-0.1, -0.05) is 23.7 Å². The van der Waals surface area contributed by atoms with Crippen LogP contribution in [-0.4, -0.2) is 44.3 Å². The van der Waals surface area contributed by atoms with Gasteiger partial charge in [0.15, 0.2) is 0 Å². The molecule has 0 atom stereocenters. The fraction of sp³-hybridized carbons (Fsp3) is 0.444. The van der Waals surface area contributed by atoms with E-state index in [-0.39, 0.29) is 0 Å². The molecule has 1 fully saturated rings. The van der Waals surface area contributed by atoms with Crippen molar-refractivity contribution in [2.24, 2.45) is 0 Å². The Kier molecular flexibility index (Phi) is 5.73. The van der Waals surface area contributed by atoms with Gasteiger partial charge in [0, 0.05) is 36.8 Å². The average Bonchev–Trinajstić information content (AvgIpc) is 3.04. The van der Waals surface area contributed by atoms with Crippen molar-refractivity contribution in [3.63, 3.8) is 0 Å². The topological polar surface area (TPSA) is 37.6 Å². The first-order valence-corrected chi connectivity index (χ1v) is 8.47. The maximum atomic E-state index is 6.18. The van der Waals surface area contributed by atoms with Crippen LogP contribution in [0.3, 0.4) is 0 Å². The molecular formula is C18H23ClN2O2. The lowest BCUT2D eigenvalue weighted by atomic mass is 10.1. The molecule has 0 radical (unpaired) electrons. The molecule has 1 aromatic heterocycles. The molecule has 0 aliphatic carbocycles. The highest BCUT2D eigenvalue weighted by Gasteiger charge is 2.11. The number of nitrogens with zero attached hydrogens (tertiary/aromatic N) is 1. The average molecular weight is 335 g/mol. The lowest BCUT2D eigenvalue weighted by Crippen LogP contribution is -2.40. The van der Waals surface area contributed by atoms with Crippen LogP contribution in [0.25, 0.3) is 11.3 Å². The molecule has 1 aliphatic heterocycles. The van der Waals surface area contributed by atoms with E-state index < -0.39 is 0 Å². The zero-order valence-corrected chi connectivity index (χ0v) is 14.2. The number of morpholine rings is 1. The van der Waals surface area contributed by atoms with Gasteiger partial charge in [-0.3, -0.25) is 4.90 Å². The van der Waals surface area contributed by atoms with Gasteiger partial charge in [-0.25, -0.2) is 0 Å². The van der Waals surface area contributed by atoms with Gasteiger partial charge in [-0.15, -0.1) is 0 Å². The van der Waals surface area contributed by atoms with Crippen LogP contribution in [0.1, 0.15) is 11.3 Å². The summed E-state index contributed by atoms with van der Waals surface area (Å²) in [6.45, 7) is 8.50. The minimum absolute atomic E-state index is 0.740. The van der Waals surface area contributed by atoms with Crippen molar-refractivity contribution in [1.82, 2.24) is 10.2 Å². The highest BCUT2D eigenvalue weighted by atomic mass is 35.5. The molecule has 124 valence electrons. The highest BCUT2D eigenvalue weighted by molar-refractivity contribution is 6.31. The van der Waals surface area contributed by atoms with E-state index in [1.54, 1.807) is 0 Å². The van der Waals surface area contributed by atoms with Gasteiger partial charge in [0.25, 0.3) is 0 Å². The van der Waals surface area contributed by atoms with Crippen LogP contribution >= 0.6 is 11.6 Å². The number of nitrogens with one attached hydrogen (secondary N) is 1. The molecule has 1 N–H and O–H groups in total. The van der Waals surface area contributed by atoms with Gasteiger partial charge in [0.05, 0.1) is 19.8 Å². The second-order valence-electron chi connectivity index (χ2n) is 5.81. The number of furan rings is 1. The van der Waals surface area contributed by atoms with Crippen LogP contribution in [0.4, 0.5) is 0 Å². The molecule has 0 amide bonds. The smallest absolute Gasteiger partial charge is 0.134 e. The highest BCUT2D eigenvalue weighted by Crippen LogP contribution is 2.29. The SMILES string of the molecule is Cc1c(Cl)cccc1-c1ccc(CNCCN2CCOCC2)o1. The van der Waals surface area contributed by atoms with E-state index in [1.165, 1.54) is 0 Å². The molecule has 4 nitrogen and oxygen atoms in total. The standard InChI is InChI=1S/C18H23ClN2O2/c1-14-16(3-2-4-17(14)19)18-6-5-15(23-18)13-20-7-8-21-9-11-22-12-10-21/h2-6,20H,7-13H2,1H3. The Morgan fingerprint density at radius 2 is 2.00 bits per heavy atom. The van der Waals surface area contributed by atoms with Gasteiger partial charge in [0.2, 0.25) is 0 Å². The zero-order valence-electron chi connectivity index (χ0n) is 13.5. The molecule has 2 heterocycles. The number of halogens is 1. The number of ether oxygens (including phenoxy) is 1. The number of hydrogen-bond donors (Lipinski definition) is 1. The van der Waals surface area contributed by atoms with Gasteiger partial charge < -0.3 is 14.5 Å². The summed E-state index contributed by atoms with van der Waals surface area (Å²) < 4.78 is 11.3. The van der Waals surface area contributed by atoms with Crippen molar-refractivity contribution in [2.75, 3.05) is 39.4 Å². The van der Waals surface area contributed by atoms with E-state index in [4.69, 9.17) is 20.8 Å². The summed E-state index contributed by atoms with van der Waals surface area (Å²) in [5, 5.41) is 4.21. The molecule has 1 saturated heterocycles. The Morgan fingerprint density at radius 1 is 1.17 bits per heavy atom. The minimum Gasteiger partial charge on any atom is -0.460 e. The Hall–Kier alpha value is -1.33. The van der Waals surface area contributed by atoms with Gasteiger partial charge >= 0.3 is 0 Å². The first-order chi connectivity index (χ1) is 11.2. The predicted molar refractivity (Wildman–Crippen MR) is 92.9 cm³/mol. The first kappa shape index (κ1) is 16.5. The Labute approximate surface area is 142 Å². The monoisotopic (exact) mass is 334 g/mol.